The molecule has 0 N–H and O–H groups in total. The largest absolute Gasteiger partial charge is 0.509 e. The first-order valence-corrected chi connectivity index (χ1v) is 18.1. The summed E-state index contributed by atoms with van der Waals surface area (Å²) in [6.45, 7) is -0.772. The van der Waals surface area contributed by atoms with E-state index >= 15 is 0 Å². The number of anilines is 3. The fraction of sp³-hybridized carbons (Fsp3) is 0.0204. The molecule has 6 nitrogen and oxygen atoms in total. The maximum absolute atomic E-state index is 8.28. The Labute approximate surface area is 342 Å². The second-order valence-corrected chi connectivity index (χ2v) is 13.6. The number of rotatable bonds is 6. The molecule has 1 aliphatic heterocycles. The summed E-state index contributed by atoms with van der Waals surface area (Å²) >= 11 is 0. The van der Waals surface area contributed by atoms with Gasteiger partial charge in [0.25, 0.3) is 0 Å². The minimum absolute atomic E-state index is 0. The molecule has 0 saturated carbocycles. The monoisotopic (exact) mass is 904 g/mol. The molecular formula is C49H32N5OPt-3. The fourth-order valence-corrected chi connectivity index (χ4v) is 7.92. The molecule has 272 valence electrons. The third-order valence-corrected chi connectivity index (χ3v) is 10.4. The molecule has 0 fully saturated rings. The molecule has 0 saturated heterocycles. The van der Waals surface area contributed by atoms with E-state index < -0.39 is 6.98 Å². The van der Waals surface area contributed by atoms with Crippen molar-refractivity contribution in [1.82, 2.24) is 14.1 Å². The smallest absolute Gasteiger partial charge is 0.137 e. The van der Waals surface area contributed by atoms with Crippen molar-refractivity contribution in [1.29, 1.82) is 0 Å². The van der Waals surface area contributed by atoms with Gasteiger partial charge in [-0.05, 0) is 59.9 Å². The summed E-state index contributed by atoms with van der Waals surface area (Å²) in [5, 5.41) is 4.31. The van der Waals surface area contributed by atoms with E-state index in [9.17, 15) is 0 Å². The van der Waals surface area contributed by atoms with Crippen molar-refractivity contribution in [3.05, 3.63) is 189 Å². The van der Waals surface area contributed by atoms with Crippen LogP contribution >= 0.6 is 0 Å². The number of para-hydroxylation sites is 3. The van der Waals surface area contributed by atoms with E-state index in [4.69, 9.17) is 13.8 Å². The minimum atomic E-state index is -2.38. The van der Waals surface area contributed by atoms with Gasteiger partial charge in [0.1, 0.15) is 5.82 Å². The van der Waals surface area contributed by atoms with Crippen molar-refractivity contribution in [3.8, 4) is 34.1 Å². The molecule has 0 unspecified atom stereocenters. The summed E-state index contributed by atoms with van der Waals surface area (Å²) in [6, 6.07) is 61.8. The Morgan fingerprint density at radius 1 is 0.571 bits per heavy atom. The normalized spacial score (nSPS) is 13.5. The van der Waals surface area contributed by atoms with Crippen molar-refractivity contribution < 1.29 is 29.9 Å². The number of hydrogen-bond donors (Lipinski definition) is 0. The summed E-state index contributed by atoms with van der Waals surface area (Å²) in [4.78, 5) is 8.25. The second kappa shape index (κ2) is 13.6. The molecule has 0 radical (unpaired) electrons. The predicted octanol–water partition coefficient (Wildman–Crippen LogP) is 12.0. The predicted molar refractivity (Wildman–Crippen MR) is 224 cm³/mol. The van der Waals surface area contributed by atoms with Crippen molar-refractivity contribution in [3.63, 3.8) is 0 Å². The number of hydrogen-bond acceptors (Lipinski definition) is 4. The van der Waals surface area contributed by atoms with Crippen LogP contribution in [0, 0.1) is 18.8 Å². The Morgan fingerprint density at radius 2 is 1.29 bits per heavy atom. The van der Waals surface area contributed by atoms with Gasteiger partial charge in [0, 0.05) is 82.3 Å². The van der Waals surface area contributed by atoms with Crippen LogP contribution in [0.15, 0.2) is 170 Å². The van der Waals surface area contributed by atoms with Crippen LogP contribution in [-0.2, 0) is 21.1 Å². The Bertz CT molecular complexity index is 3200. The van der Waals surface area contributed by atoms with Gasteiger partial charge in [0.15, 0.2) is 0 Å². The van der Waals surface area contributed by atoms with Crippen LogP contribution < -0.4 is 14.5 Å². The van der Waals surface area contributed by atoms with Crippen LogP contribution in [-0.4, -0.2) is 21.1 Å². The van der Waals surface area contributed by atoms with E-state index in [0.29, 0.717) is 22.9 Å². The van der Waals surface area contributed by atoms with Gasteiger partial charge in [0.05, 0.1) is 11.0 Å². The molecule has 0 amide bonds. The van der Waals surface area contributed by atoms with Crippen LogP contribution in [0.3, 0.4) is 0 Å². The van der Waals surface area contributed by atoms with Gasteiger partial charge < -0.3 is 23.7 Å². The molecule has 1 aliphatic rings. The molecular weight excluding hydrogens is 870 g/mol. The number of fused-ring (bicyclic) bond motifs is 7. The molecule has 10 aromatic rings. The van der Waals surface area contributed by atoms with Gasteiger partial charge in [-0.25, -0.2) is 4.98 Å². The van der Waals surface area contributed by atoms with Crippen molar-refractivity contribution in [2.45, 2.75) is 0 Å². The van der Waals surface area contributed by atoms with E-state index in [1.165, 1.54) is 4.90 Å². The van der Waals surface area contributed by atoms with Gasteiger partial charge in [0.2, 0.25) is 0 Å². The van der Waals surface area contributed by atoms with Crippen molar-refractivity contribution in [2.75, 3.05) is 16.8 Å². The van der Waals surface area contributed by atoms with Gasteiger partial charge in [-0.15, -0.1) is 41.4 Å². The first kappa shape index (κ1) is 30.7. The van der Waals surface area contributed by atoms with Gasteiger partial charge in [-0.3, -0.25) is 0 Å². The Balaban J connectivity index is 0.00000420. The number of ether oxygens (including phenoxy) is 1. The third-order valence-electron chi connectivity index (χ3n) is 10.4. The van der Waals surface area contributed by atoms with E-state index in [2.05, 4.69) is 94.1 Å². The number of benzene rings is 7. The van der Waals surface area contributed by atoms with E-state index in [-0.39, 0.29) is 21.1 Å². The van der Waals surface area contributed by atoms with Crippen molar-refractivity contribution in [2.24, 2.45) is 0 Å². The van der Waals surface area contributed by atoms with Crippen LogP contribution in [0.1, 0.15) is 4.11 Å². The van der Waals surface area contributed by atoms with E-state index in [0.717, 1.165) is 71.9 Å². The van der Waals surface area contributed by atoms with Crippen LogP contribution in [0.4, 0.5) is 17.1 Å². The average molecular weight is 905 g/mol. The van der Waals surface area contributed by atoms with Crippen LogP contribution in [0.5, 0.6) is 11.5 Å². The first-order valence-electron chi connectivity index (χ1n) is 19.6. The zero-order chi connectivity index (χ0) is 39.0. The van der Waals surface area contributed by atoms with Gasteiger partial charge in [-0.1, -0.05) is 96.5 Å². The fourth-order valence-electron chi connectivity index (χ4n) is 7.92. The molecule has 7 aromatic carbocycles. The summed E-state index contributed by atoms with van der Waals surface area (Å²) in [5.41, 5.74) is 9.04. The quantitative estimate of drug-likeness (QED) is 0.156. The molecule has 0 aliphatic carbocycles. The molecule has 3 aromatic heterocycles. The third kappa shape index (κ3) is 5.48. The molecule has 11 rings (SSSR count). The standard InChI is InChI=1S/C49H32N5O.Pt/c1-51-32-52(48-27-34(23-26-45(48)51)33-13-4-2-5-14-33)36-17-12-18-37(28-36)55-38-24-25-41-39-19-8-11-22-44(39)54(46(41)29-38)49-30-47-42(31-50-49)40-20-9-10-21-43(40)53(47)35-15-6-3-7-16-35;/h2-27,30-32H,1H3;/q-3;/i1D3;. The van der Waals surface area contributed by atoms with Crippen LogP contribution in [0.25, 0.3) is 66.2 Å². The minimum Gasteiger partial charge on any atom is -0.509 e. The van der Waals surface area contributed by atoms with Gasteiger partial charge >= 0.3 is 0 Å². The maximum atomic E-state index is 8.28. The molecule has 4 heterocycles. The van der Waals surface area contributed by atoms with Gasteiger partial charge in [-0.2, -0.15) is 18.8 Å². The van der Waals surface area contributed by atoms with E-state index in [1.807, 2.05) is 102 Å². The number of nitrogens with zero attached hydrogens (tertiary/aromatic N) is 5. The van der Waals surface area contributed by atoms with Crippen LogP contribution in [0.2, 0.25) is 0 Å². The summed E-state index contributed by atoms with van der Waals surface area (Å²) in [7, 11) is 0. The summed E-state index contributed by atoms with van der Waals surface area (Å²) in [5.74, 6) is 1.73. The topological polar surface area (TPSA) is 38.5 Å². The molecule has 56 heavy (non-hydrogen) atoms. The average Bonchev–Trinajstić information content (AvgIpc) is 3.92. The summed E-state index contributed by atoms with van der Waals surface area (Å²) in [6.07, 6.45) is 1.97. The second-order valence-electron chi connectivity index (χ2n) is 13.6. The van der Waals surface area contributed by atoms with Crippen molar-refractivity contribution >= 4 is 60.7 Å². The Hall–Kier alpha value is -6.62. The Kier molecular flexibility index (Phi) is 7.45. The number of pyridine rings is 1. The summed E-state index contributed by atoms with van der Waals surface area (Å²) < 4.78 is 35.8. The molecule has 0 spiro atoms. The zero-order valence-electron chi connectivity index (χ0n) is 32.7. The SMILES string of the molecule is [2H]C([2H])([2H])N1[CH-]N(c2[c-]c(Oc3[c-]c4c(cc3)c3ccccc3n4-c3cc4c(cn3)c3ccccc3n4-c3ccccc3)ccc2)c2cc(-c3ccccc3)ccc21.[Pt]. The van der Waals surface area contributed by atoms with E-state index in [1.54, 1.807) is 6.67 Å². The zero-order valence-corrected chi connectivity index (χ0v) is 32.0. The maximum Gasteiger partial charge on any atom is 0.137 e. The Morgan fingerprint density at radius 3 is 2.09 bits per heavy atom. The number of aromatic nitrogens is 3. The first-order chi connectivity index (χ1) is 28.4. The molecule has 7 heteroatoms. The molecule has 0 bridgehead atoms. The molecule has 0 atom stereocenters.